The Bertz CT molecular complexity index is 1550. The smallest absolute Gasteiger partial charge is 0.427 e. The summed E-state index contributed by atoms with van der Waals surface area (Å²) in [6, 6.07) is 8.49. The highest BCUT2D eigenvalue weighted by atomic mass is 19.4. The number of hydrogen-bond acceptors (Lipinski definition) is 6. The highest BCUT2D eigenvalue weighted by Crippen LogP contribution is 2.68. The number of alkyl halides is 3. The van der Waals surface area contributed by atoms with Crippen LogP contribution in [0, 0.1) is 23.2 Å². The van der Waals surface area contributed by atoms with Gasteiger partial charge in [0.25, 0.3) is 5.91 Å². The molecule has 7 atom stereocenters. The maximum atomic E-state index is 13.9. The van der Waals surface area contributed by atoms with Gasteiger partial charge in [-0.1, -0.05) is 50.6 Å². The maximum absolute atomic E-state index is 13.9. The molecular formula is C37H46F3N2O6+. The molecule has 4 fully saturated rings. The van der Waals surface area contributed by atoms with Gasteiger partial charge in [-0.3, -0.25) is 9.59 Å². The molecule has 2 heterocycles. The Hall–Kier alpha value is -3.15. The van der Waals surface area contributed by atoms with Crippen LogP contribution in [-0.4, -0.2) is 73.4 Å². The van der Waals surface area contributed by atoms with Crippen molar-refractivity contribution >= 4 is 18.0 Å². The average molecular weight is 672 g/mol. The largest absolute Gasteiger partial charge is 0.573 e. The van der Waals surface area contributed by atoms with E-state index in [1.165, 1.54) is 33.0 Å². The number of amides is 1. The lowest BCUT2D eigenvalue weighted by Crippen LogP contribution is -2.71. The minimum atomic E-state index is -5.12. The SMILES string of the molecule is COC1(NC(=O)C(=Cc2ccccc2)OC(F)(F)F)C=C(OC(C)=O)C2=C3C1O[C@H]1CCC[C@H]4[C@@H](C2)[N+](CC(C)C)(CC2CC2)CC[C@]314. The summed E-state index contributed by atoms with van der Waals surface area (Å²) in [6.07, 6.45) is 3.52. The second-order valence-electron chi connectivity index (χ2n) is 15.2. The van der Waals surface area contributed by atoms with Gasteiger partial charge in [-0.15, -0.1) is 13.2 Å². The Morgan fingerprint density at radius 3 is 2.54 bits per heavy atom. The van der Waals surface area contributed by atoms with Crippen molar-refractivity contribution in [3.05, 3.63) is 64.6 Å². The molecule has 4 aliphatic carbocycles. The van der Waals surface area contributed by atoms with Crippen LogP contribution in [0.1, 0.15) is 71.3 Å². The molecule has 1 amide bonds. The third kappa shape index (κ3) is 5.69. The van der Waals surface area contributed by atoms with E-state index in [9.17, 15) is 22.8 Å². The highest BCUT2D eigenvalue weighted by Gasteiger charge is 2.72. The Kier molecular flexibility index (Phi) is 8.35. The minimum Gasteiger partial charge on any atom is -0.427 e. The number of halogens is 3. The number of piperidine rings is 1. The number of allylic oxidation sites excluding steroid dienone is 1. The molecule has 8 nitrogen and oxygen atoms in total. The number of rotatable bonds is 10. The number of benzene rings is 1. The molecule has 1 aromatic rings. The first-order chi connectivity index (χ1) is 22.8. The number of nitrogens with zero attached hydrogens (tertiary/aromatic N) is 1. The third-order valence-corrected chi connectivity index (χ3v) is 11.7. The molecule has 260 valence electrons. The monoisotopic (exact) mass is 671 g/mol. The van der Waals surface area contributed by atoms with Gasteiger partial charge in [0.1, 0.15) is 11.9 Å². The lowest BCUT2D eigenvalue weighted by Gasteiger charge is -2.63. The predicted octanol–water partition coefficient (Wildman–Crippen LogP) is 6.39. The summed E-state index contributed by atoms with van der Waals surface area (Å²) in [6.45, 7) is 9.19. The lowest BCUT2D eigenvalue weighted by atomic mass is 9.49. The molecule has 1 N–H and O–H groups in total. The molecule has 3 unspecified atom stereocenters. The second kappa shape index (κ2) is 12.0. The molecule has 0 radical (unpaired) electrons. The van der Waals surface area contributed by atoms with Gasteiger partial charge < -0.3 is 28.7 Å². The standard InChI is InChI=1S/C37H45F3N2O6/c1-22(2)20-42(21-25-13-14-25)16-15-35-27-11-8-12-31(35)47-33-32(35)26(18-28(27)42)30(46-23(3)43)19-36(33,45-4)41-34(44)29(48-37(38,39)40)17-24-9-6-5-7-10-24/h5-7,9-10,17,19,22,25,27-28,31,33H,8,11-16,18,20-21H2,1-4H3/p+1/t27-,28+,31-,33?,35+,36?,42?/m0/s1. The van der Waals surface area contributed by atoms with Gasteiger partial charge in [0, 0.05) is 61.7 Å². The van der Waals surface area contributed by atoms with Gasteiger partial charge in [-0.05, 0) is 42.9 Å². The Balaban J connectivity index is 1.33. The van der Waals surface area contributed by atoms with E-state index >= 15 is 0 Å². The second-order valence-corrected chi connectivity index (χ2v) is 15.2. The van der Waals surface area contributed by atoms with Gasteiger partial charge in [-0.25, -0.2) is 0 Å². The number of ether oxygens (including phenoxy) is 4. The molecular weight excluding hydrogens is 625 g/mol. The van der Waals surface area contributed by atoms with E-state index < -0.39 is 35.8 Å². The number of likely N-dealkylation sites (tertiary alicyclic amines) is 1. The van der Waals surface area contributed by atoms with Crippen LogP contribution in [0.5, 0.6) is 0 Å². The van der Waals surface area contributed by atoms with E-state index in [0.717, 1.165) is 72.9 Å². The molecule has 48 heavy (non-hydrogen) atoms. The summed E-state index contributed by atoms with van der Waals surface area (Å²) in [5, 5.41) is 2.73. The number of esters is 1. The Morgan fingerprint density at radius 1 is 1.15 bits per heavy atom. The molecule has 6 aliphatic rings. The van der Waals surface area contributed by atoms with Crippen molar-refractivity contribution < 1.29 is 46.2 Å². The minimum absolute atomic E-state index is 0.154. The third-order valence-electron chi connectivity index (χ3n) is 11.7. The van der Waals surface area contributed by atoms with Crippen LogP contribution < -0.4 is 5.32 Å². The molecule has 11 heteroatoms. The molecule has 7 rings (SSSR count). The van der Waals surface area contributed by atoms with Gasteiger partial charge >= 0.3 is 12.3 Å². The van der Waals surface area contributed by atoms with E-state index in [-0.39, 0.29) is 17.3 Å². The Morgan fingerprint density at radius 2 is 1.90 bits per heavy atom. The number of carbonyl (C=O) groups excluding carboxylic acids is 2. The van der Waals surface area contributed by atoms with Gasteiger partial charge in [-0.2, -0.15) is 0 Å². The van der Waals surface area contributed by atoms with Crippen LogP contribution in [-0.2, 0) is 28.5 Å². The van der Waals surface area contributed by atoms with Crippen LogP contribution in [0.2, 0.25) is 0 Å². The number of methoxy groups -OCH3 is 1. The molecule has 2 bridgehead atoms. The van der Waals surface area contributed by atoms with Crippen molar-refractivity contribution in [3.8, 4) is 0 Å². The summed E-state index contributed by atoms with van der Waals surface area (Å²) in [7, 11) is 1.38. The number of hydrogen-bond donors (Lipinski definition) is 1. The molecule has 2 saturated carbocycles. The summed E-state index contributed by atoms with van der Waals surface area (Å²) < 4.78 is 65.2. The van der Waals surface area contributed by atoms with E-state index in [4.69, 9.17) is 14.2 Å². The topological polar surface area (TPSA) is 83.1 Å². The van der Waals surface area contributed by atoms with E-state index in [1.54, 1.807) is 30.3 Å². The van der Waals surface area contributed by atoms with E-state index in [1.807, 2.05) is 0 Å². The Labute approximate surface area is 279 Å². The molecule has 0 aromatic heterocycles. The fourth-order valence-electron chi connectivity index (χ4n) is 10.1. The van der Waals surface area contributed by atoms with Crippen molar-refractivity contribution in [2.45, 2.75) is 96.1 Å². The van der Waals surface area contributed by atoms with Crippen LogP contribution in [0.3, 0.4) is 0 Å². The van der Waals surface area contributed by atoms with Crippen molar-refractivity contribution in [2.24, 2.45) is 23.2 Å². The van der Waals surface area contributed by atoms with Crippen LogP contribution in [0.25, 0.3) is 6.08 Å². The summed E-state index contributed by atoms with van der Waals surface area (Å²) in [4.78, 5) is 26.5. The van der Waals surface area contributed by atoms with Crippen LogP contribution in [0.4, 0.5) is 13.2 Å². The fourth-order valence-corrected chi connectivity index (χ4v) is 10.1. The van der Waals surface area contributed by atoms with Crippen molar-refractivity contribution in [3.63, 3.8) is 0 Å². The number of nitrogens with one attached hydrogen (secondary N) is 1. The zero-order valence-corrected chi connectivity index (χ0v) is 28.1. The highest BCUT2D eigenvalue weighted by molar-refractivity contribution is 5.96. The maximum Gasteiger partial charge on any atom is 0.573 e. The zero-order valence-electron chi connectivity index (χ0n) is 28.1. The van der Waals surface area contributed by atoms with Crippen molar-refractivity contribution in [2.75, 3.05) is 26.7 Å². The fraction of sp³-hybridized carbons (Fsp3) is 0.622. The molecule has 1 aromatic carbocycles. The predicted molar refractivity (Wildman–Crippen MR) is 170 cm³/mol. The average Bonchev–Trinajstić information content (AvgIpc) is 3.76. The van der Waals surface area contributed by atoms with Crippen LogP contribution >= 0.6 is 0 Å². The number of carbonyl (C=O) groups is 2. The van der Waals surface area contributed by atoms with Crippen LogP contribution in [0.15, 0.2) is 59.1 Å². The van der Waals surface area contributed by atoms with Gasteiger partial charge in [0.15, 0.2) is 11.5 Å². The lowest BCUT2D eigenvalue weighted by molar-refractivity contribution is -0.967. The summed E-state index contributed by atoms with van der Waals surface area (Å²) >= 11 is 0. The molecule has 2 saturated heterocycles. The first kappa shape index (κ1) is 33.4. The zero-order chi connectivity index (χ0) is 34.1. The van der Waals surface area contributed by atoms with Gasteiger partial charge in [0.05, 0.1) is 31.8 Å². The van der Waals surface area contributed by atoms with E-state index in [2.05, 4.69) is 23.9 Å². The van der Waals surface area contributed by atoms with E-state index in [0.29, 0.717) is 29.9 Å². The molecule has 2 aliphatic heterocycles. The summed E-state index contributed by atoms with van der Waals surface area (Å²) in [5.41, 5.74) is 0.153. The summed E-state index contributed by atoms with van der Waals surface area (Å²) in [5.74, 6) is -0.741. The quantitative estimate of drug-likeness (QED) is 0.102. The first-order valence-electron chi connectivity index (χ1n) is 17.4. The van der Waals surface area contributed by atoms with Gasteiger partial charge in [0.2, 0.25) is 0 Å². The first-order valence-corrected chi connectivity index (χ1v) is 17.4. The van der Waals surface area contributed by atoms with Crippen molar-refractivity contribution in [1.29, 1.82) is 0 Å². The van der Waals surface area contributed by atoms with Crippen molar-refractivity contribution in [1.82, 2.24) is 5.32 Å². The molecule has 1 spiro atoms. The normalized spacial score (nSPS) is 35.6. The number of quaternary nitrogens is 1.